The number of fused-ring (bicyclic) bond motifs is 1. The van der Waals surface area contributed by atoms with Crippen molar-refractivity contribution in [3.05, 3.63) is 40.1 Å². The zero-order chi connectivity index (χ0) is 16.0. The maximum Gasteiger partial charge on any atom is 0.272 e. The van der Waals surface area contributed by atoms with E-state index in [1.165, 1.54) is 0 Å². The first kappa shape index (κ1) is 14.1. The third kappa shape index (κ3) is 2.33. The lowest BCUT2D eigenvalue weighted by Crippen LogP contribution is -2.21. The minimum Gasteiger partial charge on any atom is -0.368 e. The number of aromatic nitrogens is 4. The molecule has 0 spiro atoms. The van der Waals surface area contributed by atoms with Crippen LogP contribution in [0.15, 0.2) is 27.5 Å². The van der Waals surface area contributed by atoms with E-state index in [9.17, 15) is 4.79 Å². The molecule has 0 radical (unpaired) electrons. The molecule has 7 heteroatoms. The number of hydrogen-bond acceptors (Lipinski definition) is 6. The largest absolute Gasteiger partial charge is 0.368 e. The summed E-state index contributed by atoms with van der Waals surface area (Å²) >= 11 is 0. The van der Waals surface area contributed by atoms with Crippen molar-refractivity contribution in [2.24, 2.45) is 7.05 Å². The monoisotopic (exact) mass is 312 g/mol. The molecule has 3 aromatic rings. The zero-order valence-electron chi connectivity index (χ0n) is 12.9. The van der Waals surface area contributed by atoms with Crippen LogP contribution in [0, 0.1) is 6.92 Å². The Bertz CT molecular complexity index is 938. The molecule has 0 bridgehead atoms. The van der Waals surface area contributed by atoms with Crippen molar-refractivity contribution >= 4 is 11.0 Å². The first-order valence-electron chi connectivity index (χ1n) is 7.56. The predicted octanol–water partition coefficient (Wildman–Crippen LogP) is 2.14. The first-order valence-corrected chi connectivity index (χ1v) is 7.56. The van der Waals surface area contributed by atoms with Crippen molar-refractivity contribution in [2.75, 3.05) is 6.61 Å². The van der Waals surface area contributed by atoms with Crippen LogP contribution in [0.1, 0.15) is 30.5 Å². The van der Waals surface area contributed by atoms with Gasteiger partial charge in [0.15, 0.2) is 0 Å². The smallest absolute Gasteiger partial charge is 0.272 e. The van der Waals surface area contributed by atoms with Gasteiger partial charge in [-0.15, -0.1) is 0 Å². The number of rotatable bonds is 2. The van der Waals surface area contributed by atoms with Crippen molar-refractivity contribution in [3.8, 4) is 11.4 Å². The molecular formula is C16H16N4O3. The van der Waals surface area contributed by atoms with Gasteiger partial charge in [-0.3, -0.25) is 4.79 Å². The second-order valence-electron chi connectivity index (χ2n) is 5.72. The molecule has 1 aliphatic rings. The molecule has 0 amide bonds. The number of hydrogen-bond donors (Lipinski definition) is 0. The summed E-state index contributed by atoms with van der Waals surface area (Å²) < 4.78 is 12.5. The van der Waals surface area contributed by atoms with Gasteiger partial charge < -0.3 is 13.8 Å². The van der Waals surface area contributed by atoms with Gasteiger partial charge in [0.1, 0.15) is 11.8 Å². The van der Waals surface area contributed by atoms with E-state index >= 15 is 0 Å². The van der Waals surface area contributed by atoms with Gasteiger partial charge in [-0.25, -0.2) is 4.98 Å². The summed E-state index contributed by atoms with van der Waals surface area (Å²) in [6.07, 6.45) is 1.82. The van der Waals surface area contributed by atoms with Crippen LogP contribution in [-0.2, 0) is 11.8 Å². The Hall–Kier alpha value is -2.54. The molecule has 4 rings (SSSR count). The molecule has 0 aliphatic carbocycles. The number of ether oxygens (including phenoxy) is 1. The van der Waals surface area contributed by atoms with Crippen molar-refractivity contribution < 1.29 is 9.26 Å². The summed E-state index contributed by atoms with van der Waals surface area (Å²) in [4.78, 5) is 20.7. The van der Waals surface area contributed by atoms with E-state index in [4.69, 9.17) is 9.26 Å². The topological polar surface area (TPSA) is 83.0 Å². The highest BCUT2D eigenvalue weighted by atomic mass is 16.5. The Morgan fingerprint density at radius 3 is 2.96 bits per heavy atom. The fraction of sp³-hybridized carbons (Fsp3) is 0.375. The number of benzene rings is 1. The molecule has 1 aliphatic heterocycles. The lowest BCUT2D eigenvalue weighted by Gasteiger charge is -2.06. The van der Waals surface area contributed by atoms with E-state index in [1.54, 1.807) is 18.5 Å². The van der Waals surface area contributed by atoms with Gasteiger partial charge in [0, 0.05) is 19.2 Å². The lowest BCUT2D eigenvalue weighted by molar-refractivity contribution is 0.0835. The van der Waals surface area contributed by atoms with Crippen LogP contribution in [0.2, 0.25) is 0 Å². The molecule has 1 unspecified atom stereocenters. The Morgan fingerprint density at radius 1 is 1.30 bits per heavy atom. The fourth-order valence-electron chi connectivity index (χ4n) is 2.87. The van der Waals surface area contributed by atoms with Crippen LogP contribution in [0.3, 0.4) is 0 Å². The summed E-state index contributed by atoms with van der Waals surface area (Å²) in [6, 6.07) is 5.58. The van der Waals surface area contributed by atoms with E-state index in [0.29, 0.717) is 17.4 Å². The molecular weight excluding hydrogens is 296 g/mol. The second kappa shape index (κ2) is 5.27. The predicted molar refractivity (Wildman–Crippen MR) is 82.9 cm³/mol. The standard InChI is InChI=1S/C16H16N4O3/c1-9-16(21)20(2)12-6-5-10(8-11(12)17-9)14-18-15(23-19-14)13-4-3-7-22-13/h5-6,8,13H,3-4,7H2,1-2H3. The van der Waals surface area contributed by atoms with Crippen LogP contribution < -0.4 is 5.56 Å². The van der Waals surface area contributed by atoms with Crippen molar-refractivity contribution in [1.29, 1.82) is 0 Å². The van der Waals surface area contributed by atoms with E-state index in [0.717, 1.165) is 36.0 Å². The van der Waals surface area contributed by atoms with E-state index in [-0.39, 0.29) is 11.7 Å². The van der Waals surface area contributed by atoms with Gasteiger partial charge in [0.2, 0.25) is 5.82 Å². The Morgan fingerprint density at radius 2 is 2.17 bits per heavy atom. The van der Waals surface area contributed by atoms with Crippen LogP contribution >= 0.6 is 0 Å². The first-order chi connectivity index (χ1) is 11.1. The molecule has 1 saturated heterocycles. The highest BCUT2D eigenvalue weighted by Gasteiger charge is 2.24. The van der Waals surface area contributed by atoms with Gasteiger partial charge in [-0.05, 0) is 38.0 Å². The Labute approximate surface area is 131 Å². The SMILES string of the molecule is Cc1nc2cc(-c3noc(C4CCCO4)n3)ccc2n(C)c1=O. The van der Waals surface area contributed by atoms with Gasteiger partial charge >= 0.3 is 0 Å². The summed E-state index contributed by atoms with van der Waals surface area (Å²) in [6.45, 7) is 2.44. The number of aryl methyl sites for hydroxylation is 2. The molecule has 118 valence electrons. The molecule has 23 heavy (non-hydrogen) atoms. The van der Waals surface area contributed by atoms with Gasteiger partial charge in [-0.2, -0.15) is 4.98 Å². The van der Waals surface area contributed by atoms with E-state index in [2.05, 4.69) is 15.1 Å². The van der Waals surface area contributed by atoms with Crippen LogP contribution in [0.25, 0.3) is 22.4 Å². The highest BCUT2D eigenvalue weighted by Crippen LogP contribution is 2.29. The summed E-state index contributed by atoms with van der Waals surface area (Å²) in [7, 11) is 1.74. The van der Waals surface area contributed by atoms with Gasteiger partial charge in [0.25, 0.3) is 11.4 Å². The third-order valence-electron chi connectivity index (χ3n) is 4.14. The summed E-state index contributed by atoms with van der Waals surface area (Å²) in [5.41, 5.74) is 2.67. The maximum atomic E-state index is 11.9. The average molecular weight is 312 g/mol. The highest BCUT2D eigenvalue weighted by molar-refractivity contribution is 5.80. The quantitative estimate of drug-likeness (QED) is 0.721. The van der Waals surface area contributed by atoms with E-state index in [1.807, 2.05) is 18.2 Å². The molecule has 1 aromatic carbocycles. The average Bonchev–Trinajstić information content (AvgIpc) is 3.23. The van der Waals surface area contributed by atoms with Crippen LogP contribution in [-0.4, -0.2) is 26.3 Å². The molecule has 3 heterocycles. The Kier molecular flexibility index (Phi) is 3.23. The molecule has 0 N–H and O–H groups in total. The third-order valence-corrected chi connectivity index (χ3v) is 4.14. The fourth-order valence-corrected chi connectivity index (χ4v) is 2.87. The summed E-state index contributed by atoms with van der Waals surface area (Å²) in [5.74, 6) is 1.02. The molecule has 2 aromatic heterocycles. The van der Waals surface area contributed by atoms with Crippen LogP contribution in [0.4, 0.5) is 0 Å². The van der Waals surface area contributed by atoms with Crippen LogP contribution in [0.5, 0.6) is 0 Å². The molecule has 1 atom stereocenters. The molecule has 7 nitrogen and oxygen atoms in total. The number of nitrogens with zero attached hydrogens (tertiary/aromatic N) is 4. The Balaban J connectivity index is 1.77. The molecule has 1 fully saturated rings. The minimum atomic E-state index is -0.0992. The second-order valence-corrected chi connectivity index (χ2v) is 5.72. The van der Waals surface area contributed by atoms with Crippen molar-refractivity contribution in [3.63, 3.8) is 0 Å². The molecule has 0 saturated carbocycles. The van der Waals surface area contributed by atoms with Gasteiger partial charge in [0.05, 0.1) is 11.0 Å². The van der Waals surface area contributed by atoms with E-state index < -0.39 is 0 Å². The minimum absolute atomic E-state index is 0.0921. The lowest BCUT2D eigenvalue weighted by atomic mass is 10.1. The van der Waals surface area contributed by atoms with Crippen molar-refractivity contribution in [1.82, 2.24) is 19.7 Å². The maximum absolute atomic E-state index is 11.9. The zero-order valence-corrected chi connectivity index (χ0v) is 12.9. The normalized spacial score (nSPS) is 17.9. The van der Waals surface area contributed by atoms with Gasteiger partial charge in [-0.1, -0.05) is 5.16 Å². The summed E-state index contributed by atoms with van der Waals surface area (Å²) in [5, 5.41) is 4.04. The van der Waals surface area contributed by atoms with Crippen molar-refractivity contribution in [2.45, 2.75) is 25.9 Å².